The normalized spacial score (nSPS) is 10.5. The predicted molar refractivity (Wildman–Crippen MR) is 77.2 cm³/mol. The van der Waals surface area contributed by atoms with Crippen LogP contribution in [0.1, 0.15) is 26.7 Å². The van der Waals surface area contributed by atoms with Gasteiger partial charge in [0.05, 0.1) is 5.02 Å². The van der Waals surface area contributed by atoms with Crippen LogP contribution in [0.2, 0.25) is 5.02 Å². The van der Waals surface area contributed by atoms with Crippen molar-refractivity contribution in [3.05, 3.63) is 27.7 Å². The first kappa shape index (κ1) is 15.3. The van der Waals surface area contributed by atoms with Crippen LogP contribution in [0.5, 0.6) is 5.75 Å². The van der Waals surface area contributed by atoms with Crippen molar-refractivity contribution in [2.75, 3.05) is 6.61 Å². The third-order valence-electron chi connectivity index (χ3n) is 2.60. The first-order chi connectivity index (χ1) is 8.56. The summed E-state index contributed by atoms with van der Waals surface area (Å²) in [6.45, 7) is 4.07. The van der Waals surface area contributed by atoms with E-state index in [9.17, 15) is 4.79 Å². The highest BCUT2D eigenvalue weighted by molar-refractivity contribution is 9.10. The minimum Gasteiger partial charge on any atom is -0.482 e. The van der Waals surface area contributed by atoms with Crippen LogP contribution in [0.15, 0.2) is 22.7 Å². The van der Waals surface area contributed by atoms with Gasteiger partial charge < -0.3 is 10.1 Å². The molecular weight excluding hydrogens is 318 g/mol. The van der Waals surface area contributed by atoms with E-state index >= 15 is 0 Å². The molecule has 0 aliphatic heterocycles. The summed E-state index contributed by atoms with van der Waals surface area (Å²) in [6, 6.07) is 5.49. The van der Waals surface area contributed by atoms with Gasteiger partial charge in [-0.3, -0.25) is 4.79 Å². The summed E-state index contributed by atoms with van der Waals surface area (Å²) >= 11 is 9.30. The molecule has 0 radical (unpaired) electrons. The molecule has 0 saturated heterocycles. The van der Waals surface area contributed by atoms with Crippen molar-refractivity contribution >= 4 is 33.4 Å². The Labute approximate surface area is 121 Å². The molecule has 18 heavy (non-hydrogen) atoms. The van der Waals surface area contributed by atoms with E-state index in [4.69, 9.17) is 16.3 Å². The van der Waals surface area contributed by atoms with Crippen molar-refractivity contribution in [1.82, 2.24) is 5.32 Å². The average Bonchev–Trinajstić information content (AvgIpc) is 2.35. The van der Waals surface area contributed by atoms with Crippen molar-refractivity contribution in [2.45, 2.75) is 32.7 Å². The van der Waals surface area contributed by atoms with E-state index in [1.807, 2.05) is 19.9 Å². The van der Waals surface area contributed by atoms with E-state index in [-0.39, 0.29) is 18.6 Å². The molecule has 0 aromatic heterocycles. The highest BCUT2D eigenvalue weighted by Crippen LogP contribution is 2.27. The Morgan fingerprint density at radius 3 is 2.67 bits per heavy atom. The molecule has 1 N–H and O–H groups in total. The molecule has 1 amide bonds. The van der Waals surface area contributed by atoms with Gasteiger partial charge in [0.1, 0.15) is 5.75 Å². The molecule has 5 heteroatoms. The number of nitrogens with one attached hydrogen (secondary N) is 1. The van der Waals surface area contributed by atoms with Gasteiger partial charge in [-0.05, 0) is 31.0 Å². The predicted octanol–water partition coefficient (Wildman–Crippen LogP) is 3.79. The lowest BCUT2D eigenvalue weighted by Gasteiger charge is -2.15. The van der Waals surface area contributed by atoms with Crippen LogP contribution in [-0.4, -0.2) is 18.6 Å². The molecule has 0 unspecified atom stereocenters. The maximum atomic E-state index is 11.6. The number of carbonyl (C=O) groups excluding carboxylic acids is 1. The number of halogens is 2. The summed E-state index contributed by atoms with van der Waals surface area (Å²) in [5.41, 5.74) is 0. The zero-order valence-corrected chi connectivity index (χ0v) is 12.8. The van der Waals surface area contributed by atoms with E-state index in [0.29, 0.717) is 10.8 Å². The first-order valence-corrected chi connectivity index (χ1v) is 7.11. The first-order valence-electron chi connectivity index (χ1n) is 5.94. The summed E-state index contributed by atoms with van der Waals surface area (Å²) in [7, 11) is 0. The molecule has 0 bridgehead atoms. The van der Waals surface area contributed by atoms with Gasteiger partial charge in [-0.15, -0.1) is 0 Å². The number of hydrogen-bond acceptors (Lipinski definition) is 2. The Kier molecular flexibility index (Phi) is 6.50. The Bertz CT molecular complexity index is 408. The minimum atomic E-state index is -0.123. The zero-order valence-electron chi connectivity index (χ0n) is 10.5. The van der Waals surface area contributed by atoms with Crippen LogP contribution in [0, 0.1) is 0 Å². The molecule has 1 aromatic rings. The van der Waals surface area contributed by atoms with Gasteiger partial charge in [-0.1, -0.05) is 41.4 Å². The second kappa shape index (κ2) is 7.64. The fraction of sp³-hybridized carbons (Fsp3) is 0.462. The van der Waals surface area contributed by atoms with Gasteiger partial charge in [0.15, 0.2) is 6.61 Å². The zero-order chi connectivity index (χ0) is 13.5. The standard InChI is InChI=1S/C13H17BrClNO2/c1-3-10(4-2)16-13(17)8-18-12-6-5-9(14)7-11(12)15/h5-7,10H,3-4,8H2,1-2H3,(H,16,17). The topological polar surface area (TPSA) is 38.3 Å². The number of amides is 1. The SMILES string of the molecule is CCC(CC)NC(=O)COc1ccc(Br)cc1Cl. The molecular formula is C13H17BrClNO2. The van der Waals surface area contributed by atoms with Gasteiger partial charge in [0.25, 0.3) is 5.91 Å². The lowest BCUT2D eigenvalue weighted by Crippen LogP contribution is -2.37. The third kappa shape index (κ3) is 4.86. The molecule has 0 heterocycles. The Morgan fingerprint density at radius 2 is 2.11 bits per heavy atom. The van der Waals surface area contributed by atoms with E-state index in [1.165, 1.54) is 0 Å². The third-order valence-corrected chi connectivity index (χ3v) is 3.39. The number of rotatable bonds is 6. The second-order valence-electron chi connectivity index (χ2n) is 3.94. The van der Waals surface area contributed by atoms with Crippen molar-refractivity contribution < 1.29 is 9.53 Å². The van der Waals surface area contributed by atoms with Crippen LogP contribution in [0.25, 0.3) is 0 Å². The van der Waals surface area contributed by atoms with Crippen LogP contribution in [-0.2, 0) is 4.79 Å². The molecule has 0 spiro atoms. The van der Waals surface area contributed by atoms with E-state index < -0.39 is 0 Å². The largest absolute Gasteiger partial charge is 0.482 e. The summed E-state index contributed by atoms with van der Waals surface area (Å²) in [6.07, 6.45) is 1.84. The van der Waals surface area contributed by atoms with Crippen molar-refractivity contribution in [3.8, 4) is 5.75 Å². The van der Waals surface area contributed by atoms with E-state index in [0.717, 1.165) is 17.3 Å². The molecule has 3 nitrogen and oxygen atoms in total. The highest BCUT2D eigenvalue weighted by Gasteiger charge is 2.10. The van der Waals surface area contributed by atoms with Gasteiger partial charge in [0, 0.05) is 10.5 Å². The van der Waals surface area contributed by atoms with Gasteiger partial charge in [-0.25, -0.2) is 0 Å². The summed E-state index contributed by atoms with van der Waals surface area (Å²) in [5, 5.41) is 3.39. The van der Waals surface area contributed by atoms with Gasteiger partial charge in [0.2, 0.25) is 0 Å². The van der Waals surface area contributed by atoms with E-state index in [2.05, 4.69) is 21.2 Å². The van der Waals surface area contributed by atoms with Crippen LogP contribution < -0.4 is 10.1 Å². The Hall–Kier alpha value is -0.740. The van der Waals surface area contributed by atoms with Crippen LogP contribution in [0.4, 0.5) is 0 Å². The fourth-order valence-electron chi connectivity index (χ4n) is 1.50. The summed E-state index contributed by atoms with van der Waals surface area (Å²) < 4.78 is 6.25. The maximum absolute atomic E-state index is 11.6. The monoisotopic (exact) mass is 333 g/mol. The second-order valence-corrected chi connectivity index (χ2v) is 5.27. The molecule has 100 valence electrons. The van der Waals surface area contributed by atoms with Crippen molar-refractivity contribution in [1.29, 1.82) is 0 Å². The van der Waals surface area contributed by atoms with Gasteiger partial charge >= 0.3 is 0 Å². The number of benzene rings is 1. The molecule has 0 atom stereocenters. The smallest absolute Gasteiger partial charge is 0.258 e. The quantitative estimate of drug-likeness (QED) is 0.859. The summed E-state index contributed by atoms with van der Waals surface area (Å²) in [5.74, 6) is 0.391. The van der Waals surface area contributed by atoms with E-state index in [1.54, 1.807) is 12.1 Å². The van der Waals surface area contributed by atoms with Crippen molar-refractivity contribution in [2.24, 2.45) is 0 Å². The molecule has 0 saturated carbocycles. The average molecular weight is 335 g/mol. The Balaban J connectivity index is 2.47. The van der Waals surface area contributed by atoms with Crippen molar-refractivity contribution in [3.63, 3.8) is 0 Å². The van der Waals surface area contributed by atoms with Crippen LogP contribution in [0.3, 0.4) is 0 Å². The molecule has 0 fully saturated rings. The minimum absolute atomic E-state index is 0.0160. The number of ether oxygens (including phenoxy) is 1. The fourth-order valence-corrected chi connectivity index (χ4v) is 2.23. The lowest BCUT2D eigenvalue weighted by atomic mass is 10.2. The number of carbonyl (C=O) groups is 1. The maximum Gasteiger partial charge on any atom is 0.258 e. The highest BCUT2D eigenvalue weighted by atomic mass is 79.9. The lowest BCUT2D eigenvalue weighted by molar-refractivity contribution is -0.123. The van der Waals surface area contributed by atoms with Gasteiger partial charge in [-0.2, -0.15) is 0 Å². The molecule has 0 aliphatic rings. The molecule has 1 aromatic carbocycles. The number of hydrogen-bond donors (Lipinski definition) is 1. The molecule has 0 aliphatic carbocycles. The summed E-state index contributed by atoms with van der Waals surface area (Å²) in [4.78, 5) is 11.6. The van der Waals surface area contributed by atoms with Crippen LogP contribution >= 0.6 is 27.5 Å². The molecule has 1 rings (SSSR count). The Morgan fingerprint density at radius 1 is 1.44 bits per heavy atom.